The van der Waals surface area contributed by atoms with Crippen molar-refractivity contribution in [3.05, 3.63) is 65.7 Å². The van der Waals surface area contributed by atoms with Crippen molar-refractivity contribution in [2.24, 2.45) is 0 Å². The zero-order valence-electron chi connectivity index (χ0n) is 15.8. The van der Waals surface area contributed by atoms with E-state index in [9.17, 15) is 27.6 Å². The largest absolute Gasteiger partial charge is 0.418 e. The second kappa shape index (κ2) is 9.86. The molecule has 2 amide bonds. The third kappa shape index (κ3) is 6.44. The van der Waals surface area contributed by atoms with Crippen LogP contribution in [0.4, 0.5) is 18.9 Å². The molecule has 2 aromatic carbocycles. The van der Waals surface area contributed by atoms with Gasteiger partial charge in [0.1, 0.15) is 0 Å². The SMILES string of the molecule is CCN(CC(=O)Nc1ccccc1C(F)(F)F)C(=O)CCC(=O)c1ccccc1. The molecule has 8 heteroatoms. The number of alkyl halides is 3. The molecule has 5 nitrogen and oxygen atoms in total. The summed E-state index contributed by atoms with van der Waals surface area (Å²) in [7, 11) is 0. The number of Topliss-reactive ketones (excluding diaryl/α,β-unsaturated/α-hetero) is 1. The molecule has 29 heavy (non-hydrogen) atoms. The first kappa shape index (κ1) is 22.1. The lowest BCUT2D eigenvalue weighted by Crippen LogP contribution is -2.38. The van der Waals surface area contributed by atoms with Crippen molar-refractivity contribution in [3.63, 3.8) is 0 Å². The fraction of sp³-hybridized carbons (Fsp3) is 0.286. The Kier molecular flexibility index (Phi) is 7.52. The molecule has 2 rings (SSSR count). The Morgan fingerprint density at radius 1 is 0.931 bits per heavy atom. The highest BCUT2D eigenvalue weighted by atomic mass is 19.4. The molecular formula is C21H21F3N2O3. The lowest BCUT2D eigenvalue weighted by molar-refractivity contribution is -0.137. The Morgan fingerprint density at radius 3 is 2.17 bits per heavy atom. The Labute approximate surface area is 166 Å². The number of hydrogen-bond acceptors (Lipinski definition) is 3. The molecule has 0 aromatic heterocycles. The second-order valence-electron chi connectivity index (χ2n) is 6.29. The van der Waals surface area contributed by atoms with Crippen LogP contribution in [0.5, 0.6) is 0 Å². The lowest BCUT2D eigenvalue weighted by atomic mass is 10.1. The number of ketones is 1. The number of halogens is 3. The highest BCUT2D eigenvalue weighted by Crippen LogP contribution is 2.34. The molecule has 0 heterocycles. The summed E-state index contributed by atoms with van der Waals surface area (Å²) in [5.74, 6) is -1.36. The monoisotopic (exact) mass is 406 g/mol. The molecule has 0 fully saturated rings. The van der Waals surface area contributed by atoms with E-state index in [1.165, 1.54) is 17.0 Å². The van der Waals surface area contributed by atoms with Crippen molar-refractivity contribution < 1.29 is 27.6 Å². The second-order valence-corrected chi connectivity index (χ2v) is 6.29. The predicted molar refractivity (Wildman–Crippen MR) is 102 cm³/mol. The van der Waals surface area contributed by atoms with Gasteiger partial charge in [-0.15, -0.1) is 0 Å². The normalized spacial score (nSPS) is 11.0. The number of benzene rings is 2. The molecule has 0 aliphatic heterocycles. The standard InChI is InChI=1S/C21H21F3N2O3/c1-2-26(20(29)13-12-18(27)15-8-4-3-5-9-15)14-19(28)25-17-11-7-6-10-16(17)21(22,23)24/h3-11H,2,12-14H2,1H3,(H,25,28). The van der Waals surface area contributed by atoms with Gasteiger partial charge in [-0.2, -0.15) is 13.2 Å². The quantitative estimate of drug-likeness (QED) is 0.670. The Morgan fingerprint density at radius 2 is 1.55 bits per heavy atom. The van der Waals surface area contributed by atoms with Crippen LogP contribution < -0.4 is 5.32 Å². The van der Waals surface area contributed by atoms with E-state index in [4.69, 9.17) is 0 Å². The molecule has 0 saturated heterocycles. The molecule has 2 aromatic rings. The number of anilines is 1. The smallest absolute Gasteiger partial charge is 0.334 e. The first-order valence-corrected chi connectivity index (χ1v) is 9.04. The summed E-state index contributed by atoms with van der Waals surface area (Å²) in [6.45, 7) is 1.43. The van der Waals surface area contributed by atoms with Crippen LogP contribution in [0.25, 0.3) is 0 Å². The summed E-state index contributed by atoms with van der Waals surface area (Å²) < 4.78 is 39.1. The van der Waals surface area contributed by atoms with Gasteiger partial charge in [-0.25, -0.2) is 0 Å². The number of amides is 2. The molecule has 0 aliphatic carbocycles. The van der Waals surface area contributed by atoms with Gasteiger partial charge < -0.3 is 10.2 Å². The third-order valence-electron chi connectivity index (χ3n) is 4.24. The van der Waals surface area contributed by atoms with Crippen LogP contribution in [0.1, 0.15) is 35.7 Å². The maximum atomic E-state index is 13.0. The number of nitrogens with one attached hydrogen (secondary N) is 1. The van der Waals surface area contributed by atoms with Crippen molar-refractivity contribution in [1.29, 1.82) is 0 Å². The van der Waals surface area contributed by atoms with Crippen molar-refractivity contribution in [3.8, 4) is 0 Å². The van der Waals surface area contributed by atoms with Crippen molar-refractivity contribution >= 4 is 23.3 Å². The van der Waals surface area contributed by atoms with Crippen LogP contribution in [0.2, 0.25) is 0 Å². The highest BCUT2D eigenvalue weighted by Gasteiger charge is 2.33. The van der Waals surface area contributed by atoms with Crippen LogP contribution in [-0.2, 0) is 15.8 Å². The van der Waals surface area contributed by atoms with E-state index >= 15 is 0 Å². The third-order valence-corrected chi connectivity index (χ3v) is 4.24. The fourth-order valence-corrected chi connectivity index (χ4v) is 2.73. The summed E-state index contributed by atoms with van der Waals surface area (Å²) >= 11 is 0. The topological polar surface area (TPSA) is 66.5 Å². The number of nitrogens with zero attached hydrogens (tertiary/aromatic N) is 1. The maximum absolute atomic E-state index is 13.0. The zero-order chi connectivity index (χ0) is 21.4. The molecule has 154 valence electrons. The first-order chi connectivity index (χ1) is 13.7. The molecule has 0 radical (unpaired) electrons. The van der Waals surface area contributed by atoms with Gasteiger partial charge in [-0.05, 0) is 19.1 Å². The van der Waals surface area contributed by atoms with E-state index in [2.05, 4.69) is 5.32 Å². The number of para-hydroxylation sites is 1. The number of rotatable bonds is 8. The number of likely N-dealkylation sites (N-methyl/N-ethyl adjacent to an activating group) is 1. The van der Waals surface area contributed by atoms with E-state index in [0.717, 1.165) is 12.1 Å². The zero-order valence-corrected chi connectivity index (χ0v) is 15.8. The average molecular weight is 406 g/mol. The van der Waals surface area contributed by atoms with E-state index < -0.39 is 30.1 Å². The highest BCUT2D eigenvalue weighted by molar-refractivity contribution is 5.99. The van der Waals surface area contributed by atoms with Crippen molar-refractivity contribution in [1.82, 2.24) is 4.90 Å². The van der Waals surface area contributed by atoms with Gasteiger partial charge in [0.05, 0.1) is 17.8 Å². The van der Waals surface area contributed by atoms with Crippen LogP contribution >= 0.6 is 0 Å². The number of carbonyl (C=O) groups excluding carboxylic acids is 3. The van der Waals surface area contributed by atoms with Gasteiger partial charge in [0.2, 0.25) is 11.8 Å². The van der Waals surface area contributed by atoms with Crippen LogP contribution in [0.15, 0.2) is 54.6 Å². The lowest BCUT2D eigenvalue weighted by Gasteiger charge is -2.21. The molecule has 0 aliphatic rings. The fourth-order valence-electron chi connectivity index (χ4n) is 2.73. The van der Waals surface area contributed by atoms with E-state index in [-0.39, 0.29) is 30.9 Å². The van der Waals surface area contributed by atoms with Gasteiger partial charge in [-0.3, -0.25) is 14.4 Å². The van der Waals surface area contributed by atoms with Crippen molar-refractivity contribution in [2.45, 2.75) is 25.9 Å². The summed E-state index contributed by atoms with van der Waals surface area (Å²) in [6, 6.07) is 13.1. The Balaban J connectivity index is 1.94. The van der Waals surface area contributed by atoms with E-state index in [1.807, 2.05) is 0 Å². The minimum Gasteiger partial charge on any atom is -0.334 e. The molecule has 0 atom stereocenters. The van der Waals surface area contributed by atoms with Gasteiger partial charge >= 0.3 is 6.18 Å². The number of carbonyl (C=O) groups is 3. The summed E-state index contributed by atoms with van der Waals surface area (Å²) in [5, 5.41) is 2.21. The molecule has 0 unspecified atom stereocenters. The van der Waals surface area contributed by atoms with Crippen LogP contribution in [-0.4, -0.2) is 35.6 Å². The minimum absolute atomic E-state index is 0.0160. The van der Waals surface area contributed by atoms with Crippen LogP contribution in [0, 0.1) is 0 Å². The summed E-state index contributed by atoms with van der Waals surface area (Å²) in [6.07, 6.45) is -4.71. The number of hydrogen-bond donors (Lipinski definition) is 1. The van der Waals surface area contributed by atoms with Crippen molar-refractivity contribution in [2.75, 3.05) is 18.4 Å². The first-order valence-electron chi connectivity index (χ1n) is 9.04. The van der Waals surface area contributed by atoms with Gasteiger partial charge in [0, 0.05) is 24.9 Å². The molecule has 1 N–H and O–H groups in total. The molecule has 0 spiro atoms. The van der Waals surface area contributed by atoms with Gasteiger partial charge in [-0.1, -0.05) is 42.5 Å². The molecule has 0 bridgehead atoms. The average Bonchev–Trinajstić information content (AvgIpc) is 2.70. The van der Waals surface area contributed by atoms with Crippen LogP contribution in [0.3, 0.4) is 0 Å². The Bertz CT molecular complexity index is 867. The Hall–Kier alpha value is -3.16. The van der Waals surface area contributed by atoms with Gasteiger partial charge in [0.15, 0.2) is 5.78 Å². The van der Waals surface area contributed by atoms with E-state index in [1.54, 1.807) is 37.3 Å². The summed E-state index contributed by atoms with van der Waals surface area (Å²) in [4.78, 5) is 37.8. The maximum Gasteiger partial charge on any atom is 0.418 e. The summed E-state index contributed by atoms with van der Waals surface area (Å²) in [5.41, 5.74) is -0.839. The molecule has 0 saturated carbocycles. The molecular weight excluding hydrogens is 385 g/mol. The van der Waals surface area contributed by atoms with Gasteiger partial charge in [0.25, 0.3) is 0 Å². The van der Waals surface area contributed by atoms with E-state index in [0.29, 0.717) is 5.56 Å². The minimum atomic E-state index is -4.61. The predicted octanol–water partition coefficient (Wildman–Crippen LogP) is 4.16.